The molecule has 0 aliphatic rings. The Balaban J connectivity index is 2.10. The van der Waals surface area contributed by atoms with Crippen molar-refractivity contribution >= 4 is 28.9 Å². The van der Waals surface area contributed by atoms with Crippen LogP contribution in [0.15, 0.2) is 42.5 Å². The summed E-state index contributed by atoms with van der Waals surface area (Å²) in [5.41, 5.74) is 7.13. The highest BCUT2D eigenvalue weighted by atomic mass is 35.5. The quantitative estimate of drug-likeness (QED) is 0.848. The van der Waals surface area contributed by atoms with E-state index < -0.39 is 0 Å². The van der Waals surface area contributed by atoms with E-state index in [1.807, 2.05) is 24.3 Å². The van der Waals surface area contributed by atoms with Gasteiger partial charge in [0, 0.05) is 16.3 Å². The van der Waals surface area contributed by atoms with E-state index in [0.29, 0.717) is 28.1 Å². The zero-order chi connectivity index (χ0) is 12.3. The topological polar surface area (TPSA) is 35.2 Å². The van der Waals surface area contributed by atoms with Gasteiger partial charge in [-0.15, -0.1) is 0 Å². The van der Waals surface area contributed by atoms with Crippen molar-refractivity contribution in [2.45, 2.75) is 6.61 Å². The molecule has 0 aliphatic carbocycles. The fraction of sp³-hybridized carbons (Fsp3) is 0.0769. The molecule has 2 N–H and O–H groups in total. The van der Waals surface area contributed by atoms with Crippen LogP contribution in [0, 0.1) is 0 Å². The van der Waals surface area contributed by atoms with Crippen molar-refractivity contribution in [3.8, 4) is 5.75 Å². The molecule has 0 heterocycles. The molecule has 0 fully saturated rings. The third-order valence-electron chi connectivity index (χ3n) is 2.30. The van der Waals surface area contributed by atoms with E-state index in [4.69, 9.17) is 33.7 Å². The van der Waals surface area contributed by atoms with E-state index in [1.54, 1.807) is 18.2 Å². The Morgan fingerprint density at radius 1 is 1.00 bits per heavy atom. The van der Waals surface area contributed by atoms with Gasteiger partial charge in [-0.05, 0) is 24.3 Å². The summed E-state index contributed by atoms with van der Waals surface area (Å²) in [7, 11) is 0. The number of ether oxygens (including phenoxy) is 1. The molecule has 88 valence electrons. The van der Waals surface area contributed by atoms with Crippen LogP contribution in [0.5, 0.6) is 5.75 Å². The van der Waals surface area contributed by atoms with E-state index in [1.165, 1.54) is 0 Å². The van der Waals surface area contributed by atoms with Crippen molar-refractivity contribution < 1.29 is 4.74 Å². The third kappa shape index (κ3) is 3.05. The van der Waals surface area contributed by atoms with Gasteiger partial charge in [0.05, 0.1) is 5.02 Å². The van der Waals surface area contributed by atoms with Gasteiger partial charge in [0.2, 0.25) is 0 Å². The first-order valence-corrected chi connectivity index (χ1v) is 5.83. The molecule has 2 aromatic rings. The van der Waals surface area contributed by atoms with Crippen LogP contribution >= 0.6 is 23.2 Å². The summed E-state index contributed by atoms with van der Waals surface area (Å²) in [6.45, 7) is 0.378. The zero-order valence-corrected chi connectivity index (χ0v) is 10.5. The lowest BCUT2D eigenvalue weighted by Gasteiger charge is -2.09. The van der Waals surface area contributed by atoms with Gasteiger partial charge in [0.15, 0.2) is 0 Å². The largest absolute Gasteiger partial charge is 0.487 e. The number of nitrogen functional groups attached to an aromatic ring is 1. The predicted octanol–water partition coefficient (Wildman–Crippen LogP) is 4.15. The first kappa shape index (κ1) is 12.1. The molecule has 0 saturated carbocycles. The van der Waals surface area contributed by atoms with Crippen LogP contribution in [0.4, 0.5) is 5.69 Å². The average Bonchev–Trinajstić information content (AvgIpc) is 2.30. The van der Waals surface area contributed by atoms with E-state index in [-0.39, 0.29) is 0 Å². The van der Waals surface area contributed by atoms with Crippen LogP contribution in [-0.2, 0) is 6.61 Å². The fourth-order valence-corrected chi connectivity index (χ4v) is 1.84. The van der Waals surface area contributed by atoms with Crippen LogP contribution in [-0.4, -0.2) is 0 Å². The molecule has 0 radical (unpaired) electrons. The van der Waals surface area contributed by atoms with Crippen LogP contribution in [0.2, 0.25) is 10.0 Å². The molecule has 0 atom stereocenters. The number of hydrogen-bond donors (Lipinski definition) is 1. The van der Waals surface area contributed by atoms with Gasteiger partial charge in [0.1, 0.15) is 12.4 Å². The molecule has 0 bridgehead atoms. The summed E-state index contributed by atoms with van der Waals surface area (Å²) in [6.07, 6.45) is 0. The summed E-state index contributed by atoms with van der Waals surface area (Å²) in [5, 5.41) is 1.18. The number of rotatable bonds is 3. The Labute approximate surface area is 110 Å². The molecule has 17 heavy (non-hydrogen) atoms. The van der Waals surface area contributed by atoms with Gasteiger partial charge in [-0.1, -0.05) is 41.4 Å². The van der Waals surface area contributed by atoms with Gasteiger partial charge < -0.3 is 10.5 Å². The molecule has 4 heteroatoms. The van der Waals surface area contributed by atoms with Crippen molar-refractivity contribution in [2.24, 2.45) is 0 Å². The zero-order valence-electron chi connectivity index (χ0n) is 8.99. The van der Waals surface area contributed by atoms with Crippen LogP contribution in [0.25, 0.3) is 0 Å². The van der Waals surface area contributed by atoms with E-state index >= 15 is 0 Å². The third-order valence-corrected chi connectivity index (χ3v) is 2.96. The van der Waals surface area contributed by atoms with Gasteiger partial charge >= 0.3 is 0 Å². The highest BCUT2D eigenvalue weighted by Gasteiger charge is 2.04. The first-order chi connectivity index (χ1) is 8.16. The minimum absolute atomic E-state index is 0.378. The number of anilines is 1. The van der Waals surface area contributed by atoms with Crippen molar-refractivity contribution in [3.05, 3.63) is 58.1 Å². The summed E-state index contributed by atoms with van der Waals surface area (Å²) in [6, 6.07) is 12.7. The maximum absolute atomic E-state index is 6.02. The molecule has 0 aromatic heterocycles. The Hall–Kier alpha value is -1.38. The maximum atomic E-state index is 6.02. The smallest absolute Gasteiger partial charge is 0.138 e. The highest BCUT2D eigenvalue weighted by Crippen LogP contribution is 2.27. The monoisotopic (exact) mass is 267 g/mol. The second kappa shape index (κ2) is 5.30. The molecule has 2 nitrogen and oxygen atoms in total. The van der Waals surface area contributed by atoms with Gasteiger partial charge in [-0.2, -0.15) is 0 Å². The normalized spacial score (nSPS) is 10.2. The van der Waals surface area contributed by atoms with E-state index in [0.717, 1.165) is 5.56 Å². The molecular weight excluding hydrogens is 257 g/mol. The average molecular weight is 268 g/mol. The second-order valence-corrected chi connectivity index (χ2v) is 4.38. The maximum Gasteiger partial charge on any atom is 0.138 e. The van der Waals surface area contributed by atoms with Gasteiger partial charge in [0.25, 0.3) is 0 Å². The lowest BCUT2D eigenvalue weighted by molar-refractivity contribution is 0.306. The number of benzene rings is 2. The fourth-order valence-electron chi connectivity index (χ4n) is 1.41. The molecule has 0 aliphatic heterocycles. The molecule has 0 spiro atoms. The molecule has 2 aromatic carbocycles. The second-order valence-electron chi connectivity index (χ2n) is 3.57. The predicted molar refractivity (Wildman–Crippen MR) is 71.6 cm³/mol. The summed E-state index contributed by atoms with van der Waals surface area (Å²) in [4.78, 5) is 0. The Kier molecular flexibility index (Phi) is 3.77. The SMILES string of the molecule is Nc1ccc(OCc2ccccc2Cl)c(Cl)c1. The van der Waals surface area contributed by atoms with Crippen molar-refractivity contribution in [3.63, 3.8) is 0 Å². The van der Waals surface area contributed by atoms with Crippen molar-refractivity contribution in [1.29, 1.82) is 0 Å². The molecular formula is C13H11Cl2NO. The van der Waals surface area contributed by atoms with E-state index in [9.17, 15) is 0 Å². The number of halogens is 2. The summed E-state index contributed by atoms with van der Waals surface area (Å²) < 4.78 is 5.59. The summed E-state index contributed by atoms with van der Waals surface area (Å²) in [5.74, 6) is 0.598. The lowest BCUT2D eigenvalue weighted by Crippen LogP contribution is -1.97. The molecule has 2 rings (SSSR count). The minimum atomic E-state index is 0.378. The van der Waals surface area contributed by atoms with Crippen molar-refractivity contribution in [2.75, 3.05) is 5.73 Å². The minimum Gasteiger partial charge on any atom is -0.487 e. The molecule has 0 saturated heterocycles. The van der Waals surface area contributed by atoms with Crippen molar-refractivity contribution in [1.82, 2.24) is 0 Å². The Morgan fingerprint density at radius 2 is 1.76 bits per heavy atom. The Morgan fingerprint density at radius 3 is 2.47 bits per heavy atom. The van der Waals surface area contributed by atoms with Crippen LogP contribution in [0.3, 0.4) is 0 Å². The highest BCUT2D eigenvalue weighted by molar-refractivity contribution is 6.32. The van der Waals surface area contributed by atoms with E-state index in [2.05, 4.69) is 0 Å². The number of nitrogens with two attached hydrogens (primary N) is 1. The van der Waals surface area contributed by atoms with Crippen LogP contribution < -0.4 is 10.5 Å². The first-order valence-electron chi connectivity index (χ1n) is 5.08. The summed E-state index contributed by atoms with van der Waals surface area (Å²) >= 11 is 12.0. The Bertz CT molecular complexity index is 529. The van der Waals surface area contributed by atoms with Gasteiger partial charge in [-0.25, -0.2) is 0 Å². The molecule has 0 amide bonds. The lowest BCUT2D eigenvalue weighted by atomic mass is 10.2. The molecule has 0 unspecified atom stereocenters. The van der Waals surface area contributed by atoms with Crippen LogP contribution in [0.1, 0.15) is 5.56 Å². The van der Waals surface area contributed by atoms with Gasteiger partial charge in [-0.3, -0.25) is 0 Å². The standard InChI is InChI=1S/C13H11Cl2NO/c14-11-4-2-1-3-9(11)8-17-13-6-5-10(16)7-12(13)15/h1-7H,8,16H2. The number of hydrogen-bond acceptors (Lipinski definition) is 2.